The third-order valence-electron chi connectivity index (χ3n) is 5.45. The zero-order valence-electron chi connectivity index (χ0n) is 14.2. The molecule has 1 N–H and O–H groups in total. The highest BCUT2D eigenvalue weighted by atomic mass is 16.5. The van der Waals surface area contributed by atoms with Gasteiger partial charge in [0.25, 0.3) is 0 Å². The minimum Gasteiger partial charge on any atom is -0.480 e. The maximum Gasteiger partial charge on any atom is 0.319 e. The van der Waals surface area contributed by atoms with Gasteiger partial charge in [-0.05, 0) is 32.6 Å². The van der Waals surface area contributed by atoms with E-state index in [1.165, 1.54) is 0 Å². The van der Waals surface area contributed by atoms with Crippen molar-refractivity contribution in [2.24, 2.45) is 5.41 Å². The minimum absolute atomic E-state index is 0.158. The van der Waals surface area contributed by atoms with Crippen LogP contribution in [0.3, 0.4) is 0 Å². The number of aliphatic carboxylic acids is 1. The molecule has 1 saturated carbocycles. The van der Waals surface area contributed by atoms with Gasteiger partial charge in [0, 0.05) is 19.0 Å². The average Bonchev–Trinajstić information content (AvgIpc) is 2.86. The fourth-order valence-electron chi connectivity index (χ4n) is 3.96. The summed E-state index contributed by atoms with van der Waals surface area (Å²) in [5.74, 6) is 0.250. The first kappa shape index (κ1) is 16.9. The largest absolute Gasteiger partial charge is 0.480 e. The van der Waals surface area contributed by atoms with Crippen molar-refractivity contribution in [3.8, 4) is 0 Å². The Kier molecular flexibility index (Phi) is 4.87. The van der Waals surface area contributed by atoms with Crippen molar-refractivity contribution in [2.75, 3.05) is 13.1 Å². The van der Waals surface area contributed by atoms with Crippen LogP contribution in [0, 0.1) is 12.3 Å². The molecule has 0 spiro atoms. The first-order valence-electron chi connectivity index (χ1n) is 8.86. The highest BCUT2D eigenvalue weighted by Crippen LogP contribution is 2.38. The molecule has 2 heterocycles. The molecule has 0 bridgehead atoms. The van der Waals surface area contributed by atoms with E-state index in [4.69, 9.17) is 4.52 Å². The Balaban J connectivity index is 1.68. The molecule has 7 nitrogen and oxygen atoms in total. The molecular weight excluding hydrogens is 310 g/mol. The van der Waals surface area contributed by atoms with Crippen molar-refractivity contribution >= 4 is 11.9 Å². The molecule has 7 heteroatoms. The smallest absolute Gasteiger partial charge is 0.319 e. The predicted octanol–water partition coefficient (Wildman–Crippen LogP) is 2.51. The van der Waals surface area contributed by atoms with E-state index in [2.05, 4.69) is 10.1 Å². The molecule has 24 heavy (non-hydrogen) atoms. The third kappa shape index (κ3) is 3.16. The van der Waals surface area contributed by atoms with Crippen LogP contribution in [0.1, 0.15) is 69.0 Å². The standard InChI is InChI=1S/C17H25N3O4/c1-12-18-14(24-19-12)13-6-10-20(11-7-13)15(21)17(16(22)23)8-4-2-3-5-9-17/h13H,2-11H2,1H3,(H,22,23). The molecule has 2 aliphatic rings. The third-order valence-corrected chi connectivity index (χ3v) is 5.45. The van der Waals surface area contributed by atoms with Crippen molar-refractivity contribution in [1.82, 2.24) is 15.0 Å². The van der Waals surface area contributed by atoms with E-state index >= 15 is 0 Å². The summed E-state index contributed by atoms with van der Waals surface area (Å²) >= 11 is 0. The van der Waals surface area contributed by atoms with Crippen LogP contribution in [0.15, 0.2) is 4.52 Å². The fourth-order valence-corrected chi connectivity index (χ4v) is 3.96. The molecule has 0 atom stereocenters. The summed E-state index contributed by atoms with van der Waals surface area (Å²) in [6.45, 7) is 2.90. The molecule has 1 aromatic heterocycles. The maximum atomic E-state index is 13.0. The minimum atomic E-state index is -1.22. The molecule has 1 aliphatic heterocycles. The van der Waals surface area contributed by atoms with E-state index < -0.39 is 11.4 Å². The van der Waals surface area contributed by atoms with Gasteiger partial charge in [-0.25, -0.2) is 0 Å². The molecule has 2 fully saturated rings. The van der Waals surface area contributed by atoms with Crippen LogP contribution < -0.4 is 0 Å². The topological polar surface area (TPSA) is 96.5 Å². The second kappa shape index (κ2) is 6.91. The Bertz CT molecular complexity index is 597. The summed E-state index contributed by atoms with van der Waals surface area (Å²) in [6, 6.07) is 0. The average molecular weight is 335 g/mol. The molecule has 1 saturated heterocycles. The van der Waals surface area contributed by atoms with Gasteiger partial charge in [-0.15, -0.1) is 0 Å². The number of rotatable bonds is 3. The molecule has 1 aliphatic carbocycles. The number of carbonyl (C=O) groups is 2. The van der Waals surface area contributed by atoms with Gasteiger partial charge < -0.3 is 14.5 Å². The molecule has 0 aromatic carbocycles. The highest BCUT2D eigenvalue weighted by Gasteiger charge is 2.48. The van der Waals surface area contributed by atoms with E-state index in [-0.39, 0.29) is 11.8 Å². The van der Waals surface area contributed by atoms with Crippen LogP contribution in [-0.2, 0) is 9.59 Å². The number of nitrogens with zero attached hydrogens (tertiary/aromatic N) is 3. The molecule has 132 valence electrons. The number of hydrogen-bond acceptors (Lipinski definition) is 5. The monoisotopic (exact) mass is 335 g/mol. The first-order valence-corrected chi connectivity index (χ1v) is 8.86. The van der Waals surface area contributed by atoms with E-state index in [0.29, 0.717) is 37.6 Å². The summed E-state index contributed by atoms with van der Waals surface area (Å²) in [4.78, 5) is 30.9. The van der Waals surface area contributed by atoms with E-state index in [0.717, 1.165) is 38.5 Å². The second-order valence-electron chi connectivity index (χ2n) is 7.05. The van der Waals surface area contributed by atoms with Gasteiger partial charge in [-0.2, -0.15) is 4.98 Å². The summed E-state index contributed by atoms with van der Waals surface area (Å²) in [7, 11) is 0. The van der Waals surface area contributed by atoms with Gasteiger partial charge in [0.15, 0.2) is 5.82 Å². The quantitative estimate of drug-likeness (QED) is 0.673. The van der Waals surface area contributed by atoms with Gasteiger partial charge >= 0.3 is 5.97 Å². The number of aromatic nitrogens is 2. The Morgan fingerprint density at radius 3 is 2.29 bits per heavy atom. The van der Waals surface area contributed by atoms with Crippen LogP contribution in [0.4, 0.5) is 0 Å². The van der Waals surface area contributed by atoms with Gasteiger partial charge in [0.1, 0.15) is 5.41 Å². The Morgan fingerprint density at radius 2 is 1.79 bits per heavy atom. The normalized spacial score (nSPS) is 22.1. The summed E-state index contributed by atoms with van der Waals surface area (Å²) < 4.78 is 5.23. The molecule has 0 radical (unpaired) electrons. The zero-order valence-corrected chi connectivity index (χ0v) is 14.2. The van der Waals surface area contributed by atoms with Gasteiger partial charge in [0.2, 0.25) is 11.8 Å². The van der Waals surface area contributed by atoms with Crippen molar-refractivity contribution < 1.29 is 19.2 Å². The lowest BCUT2D eigenvalue weighted by Crippen LogP contribution is -2.50. The highest BCUT2D eigenvalue weighted by molar-refractivity contribution is 6.02. The summed E-state index contributed by atoms with van der Waals surface area (Å²) in [5.41, 5.74) is -1.22. The predicted molar refractivity (Wildman–Crippen MR) is 85.4 cm³/mol. The van der Waals surface area contributed by atoms with Crippen molar-refractivity contribution in [1.29, 1.82) is 0 Å². The molecule has 3 rings (SSSR count). The lowest BCUT2D eigenvalue weighted by atomic mass is 9.78. The van der Waals surface area contributed by atoms with Crippen LogP contribution in [0.5, 0.6) is 0 Å². The van der Waals surface area contributed by atoms with Crippen molar-refractivity contribution in [3.63, 3.8) is 0 Å². The van der Waals surface area contributed by atoms with Crippen LogP contribution in [-0.4, -0.2) is 45.1 Å². The van der Waals surface area contributed by atoms with Gasteiger partial charge in [-0.1, -0.05) is 30.8 Å². The first-order chi connectivity index (χ1) is 11.5. The summed E-state index contributed by atoms with van der Waals surface area (Å²) in [5, 5.41) is 13.6. The number of aryl methyl sites for hydroxylation is 1. The molecular formula is C17H25N3O4. The number of carboxylic acid groups (broad SMARTS) is 1. The van der Waals surface area contributed by atoms with Crippen molar-refractivity contribution in [3.05, 3.63) is 11.7 Å². The molecule has 0 unspecified atom stereocenters. The van der Waals surface area contributed by atoms with Crippen LogP contribution in [0.2, 0.25) is 0 Å². The number of carboxylic acids is 1. The van der Waals surface area contributed by atoms with Crippen LogP contribution in [0.25, 0.3) is 0 Å². The Morgan fingerprint density at radius 1 is 1.17 bits per heavy atom. The lowest BCUT2D eigenvalue weighted by Gasteiger charge is -2.37. The fraction of sp³-hybridized carbons (Fsp3) is 0.765. The number of amides is 1. The number of piperidine rings is 1. The maximum absolute atomic E-state index is 13.0. The van der Waals surface area contributed by atoms with E-state index in [9.17, 15) is 14.7 Å². The van der Waals surface area contributed by atoms with Gasteiger partial charge in [0.05, 0.1) is 0 Å². The zero-order chi connectivity index (χ0) is 17.2. The number of likely N-dealkylation sites (tertiary alicyclic amines) is 1. The SMILES string of the molecule is Cc1noc(C2CCN(C(=O)C3(C(=O)O)CCCCCC3)CC2)n1. The molecule has 1 amide bonds. The Labute approximate surface area is 141 Å². The van der Waals surface area contributed by atoms with E-state index in [1.807, 2.05) is 0 Å². The van der Waals surface area contributed by atoms with Gasteiger partial charge in [-0.3, -0.25) is 9.59 Å². The number of carbonyl (C=O) groups excluding carboxylic acids is 1. The van der Waals surface area contributed by atoms with Crippen LogP contribution >= 0.6 is 0 Å². The second-order valence-corrected chi connectivity index (χ2v) is 7.05. The Hall–Kier alpha value is -1.92. The lowest BCUT2D eigenvalue weighted by molar-refractivity contribution is -0.162. The molecule has 1 aromatic rings. The van der Waals surface area contributed by atoms with Crippen molar-refractivity contribution in [2.45, 2.75) is 64.2 Å². The number of hydrogen-bond donors (Lipinski definition) is 1. The van der Waals surface area contributed by atoms with E-state index in [1.54, 1.807) is 11.8 Å². The summed E-state index contributed by atoms with van der Waals surface area (Å²) in [6.07, 6.45) is 6.06.